The molecule has 0 aromatic heterocycles. The zero-order chi connectivity index (χ0) is 14.6. The summed E-state index contributed by atoms with van der Waals surface area (Å²) in [6, 6.07) is 7.56. The molecule has 1 aliphatic rings. The fourth-order valence-corrected chi connectivity index (χ4v) is 4.04. The number of hydrogen-bond acceptors (Lipinski definition) is 3. The zero-order valence-corrected chi connectivity index (χ0v) is 13.3. The lowest BCUT2D eigenvalue weighted by atomic mass is 10.2. The summed E-state index contributed by atoms with van der Waals surface area (Å²) < 4.78 is 26.5. The molecule has 1 atom stereocenters. The third-order valence-corrected chi connectivity index (χ3v) is 5.46. The number of alkyl halides is 1. The first-order valence-corrected chi connectivity index (χ1v) is 9.10. The second-order valence-corrected chi connectivity index (χ2v) is 7.46. The molecule has 112 valence electrons. The van der Waals surface area contributed by atoms with Gasteiger partial charge in [0.25, 0.3) is 0 Å². The zero-order valence-electron chi connectivity index (χ0n) is 11.7. The Morgan fingerprint density at radius 1 is 1.25 bits per heavy atom. The van der Waals surface area contributed by atoms with Gasteiger partial charge in [0.05, 0.1) is 5.75 Å². The molecule has 1 unspecified atom stereocenters. The molecule has 1 aromatic carbocycles. The quantitative estimate of drug-likeness (QED) is 0.821. The van der Waals surface area contributed by atoms with Gasteiger partial charge in [-0.1, -0.05) is 6.92 Å². The Bertz CT molecular complexity index is 525. The van der Waals surface area contributed by atoms with Crippen molar-refractivity contribution in [1.29, 1.82) is 0 Å². The molecule has 0 bridgehead atoms. The molecular formula is C14H21ClN2O2S. The van der Waals surface area contributed by atoms with Crippen molar-refractivity contribution in [3.8, 4) is 0 Å². The largest absolute Gasteiger partial charge is 0.372 e. The molecule has 1 saturated heterocycles. The van der Waals surface area contributed by atoms with Crippen LogP contribution in [0.15, 0.2) is 24.3 Å². The highest BCUT2D eigenvalue weighted by molar-refractivity contribution is 7.92. The van der Waals surface area contributed by atoms with Crippen LogP contribution in [0.4, 0.5) is 11.4 Å². The highest BCUT2D eigenvalue weighted by Crippen LogP contribution is 2.22. The van der Waals surface area contributed by atoms with Crippen LogP contribution in [0.2, 0.25) is 0 Å². The molecule has 1 aliphatic heterocycles. The van der Waals surface area contributed by atoms with E-state index in [4.69, 9.17) is 11.6 Å². The lowest BCUT2D eigenvalue weighted by Crippen LogP contribution is -2.22. The number of hydrogen-bond donors (Lipinski definition) is 1. The first kappa shape index (κ1) is 15.4. The van der Waals surface area contributed by atoms with Gasteiger partial charge in [-0.15, -0.1) is 11.6 Å². The van der Waals surface area contributed by atoms with Crippen LogP contribution in [-0.2, 0) is 10.0 Å². The summed E-state index contributed by atoms with van der Waals surface area (Å²) in [6.07, 6.45) is 2.45. The number of halogens is 1. The van der Waals surface area contributed by atoms with E-state index in [1.807, 2.05) is 31.2 Å². The van der Waals surface area contributed by atoms with Gasteiger partial charge < -0.3 is 4.90 Å². The average Bonchev–Trinajstić information content (AvgIpc) is 2.92. The Hall–Kier alpha value is -0.940. The molecule has 20 heavy (non-hydrogen) atoms. The molecule has 0 amide bonds. The normalized spacial score (nSPS) is 17.2. The van der Waals surface area contributed by atoms with Crippen LogP contribution in [0.3, 0.4) is 0 Å². The van der Waals surface area contributed by atoms with Crippen molar-refractivity contribution in [3.05, 3.63) is 24.3 Å². The lowest BCUT2D eigenvalue weighted by Gasteiger charge is -2.18. The number of sulfonamides is 1. The van der Waals surface area contributed by atoms with E-state index in [1.54, 1.807) is 0 Å². The molecule has 0 radical (unpaired) electrons. The van der Waals surface area contributed by atoms with Crippen molar-refractivity contribution >= 4 is 33.0 Å². The number of nitrogens with zero attached hydrogens (tertiary/aromatic N) is 1. The minimum atomic E-state index is -3.33. The third kappa shape index (κ3) is 4.28. The summed E-state index contributed by atoms with van der Waals surface area (Å²) in [5.41, 5.74) is 1.76. The summed E-state index contributed by atoms with van der Waals surface area (Å²) in [5.74, 6) is 0.331. The summed E-state index contributed by atoms with van der Waals surface area (Å²) in [6.45, 7) is 3.99. The maximum Gasteiger partial charge on any atom is 0.233 e. The van der Waals surface area contributed by atoms with Gasteiger partial charge in [-0.2, -0.15) is 0 Å². The highest BCUT2D eigenvalue weighted by atomic mass is 35.5. The molecule has 1 aromatic rings. The molecule has 2 rings (SSSR count). The second kappa shape index (κ2) is 6.68. The van der Waals surface area contributed by atoms with Crippen molar-refractivity contribution < 1.29 is 8.42 Å². The van der Waals surface area contributed by atoms with E-state index < -0.39 is 10.0 Å². The van der Waals surface area contributed by atoms with Gasteiger partial charge in [0.1, 0.15) is 0 Å². The SMILES string of the molecule is CC(CCl)CS(=O)(=O)Nc1ccc(N2CCCC2)cc1. The van der Waals surface area contributed by atoms with E-state index in [0.717, 1.165) is 18.8 Å². The highest BCUT2D eigenvalue weighted by Gasteiger charge is 2.16. The minimum absolute atomic E-state index is 0.0460. The Kier molecular flexibility index (Phi) is 5.16. The van der Waals surface area contributed by atoms with Crippen molar-refractivity contribution in [3.63, 3.8) is 0 Å². The number of rotatable bonds is 6. The summed E-state index contributed by atoms with van der Waals surface area (Å²) in [7, 11) is -3.33. The molecule has 1 N–H and O–H groups in total. The second-order valence-electron chi connectivity index (χ2n) is 5.38. The van der Waals surface area contributed by atoms with Gasteiger partial charge in [-0.25, -0.2) is 8.42 Å². The van der Waals surface area contributed by atoms with Crippen LogP contribution >= 0.6 is 11.6 Å². The summed E-state index contributed by atoms with van der Waals surface area (Å²) in [5, 5.41) is 0. The van der Waals surface area contributed by atoms with Crippen LogP contribution < -0.4 is 9.62 Å². The lowest BCUT2D eigenvalue weighted by molar-refractivity contribution is 0.588. The first-order valence-electron chi connectivity index (χ1n) is 6.91. The van der Waals surface area contributed by atoms with Crippen molar-refractivity contribution in [1.82, 2.24) is 0 Å². The van der Waals surface area contributed by atoms with Gasteiger partial charge in [0, 0.05) is 30.3 Å². The van der Waals surface area contributed by atoms with E-state index in [-0.39, 0.29) is 11.7 Å². The van der Waals surface area contributed by atoms with Gasteiger partial charge in [0.2, 0.25) is 10.0 Å². The smallest absolute Gasteiger partial charge is 0.233 e. The molecule has 6 heteroatoms. The fourth-order valence-electron chi connectivity index (χ4n) is 2.36. The standard InChI is InChI=1S/C14H21ClN2O2S/c1-12(10-15)11-20(18,19)16-13-4-6-14(7-5-13)17-8-2-3-9-17/h4-7,12,16H,2-3,8-11H2,1H3. The Labute approximate surface area is 126 Å². The van der Waals surface area contributed by atoms with E-state index in [2.05, 4.69) is 9.62 Å². The summed E-state index contributed by atoms with van der Waals surface area (Å²) in [4.78, 5) is 2.31. The topological polar surface area (TPSA) is 49.4 Å². The van der Waals surface area contributed by atoms with Gasteiger partial charge >= 0.3 is 0 Å². The van der Waals surface area contributed by atoms with Crippen molar-refractivity contribution in [2.75, 3.05) is 34.3 Å². The van der Waals surface area contributed by atoms with Gasteiger partial charge in [0.15, 0.2) is 0 Å². The Balaban J connectivity index is 1.99. The van der Waals surface area contributed by atoms with Crippen LogP contribution in [-0.4, -0.2) is 33.1 Å². The molecule has 4 nitrogen and oxygen atoms in total. The number of benzene rings is 1. The monoisotopic (exact) mass is 316 g/mol. The summed E-state index contributed by atoms with van der Waals surface area (Å²) >= 11 is 5.66. The van der Waals surface area contributed by atoms with Crippen LogP contribution in [0, 0.1) is 5.92 Å². The third-order valence-electron chi connectivity index (χ3n) is 3.38. The Morgan fingerprint density at radius 2 is 1.85 bits per heavy atom. The van der Waals surface area contributed by atoms with Crippen LogP contribution in [0.5, 0.6) is 0 Å². The van der Waals surface area contributed by atoms with Crippen LogP contribution in [0.25, 0.3) is 0 Å². The predicted molar refractivity (Wildman–Crippen MR) is 85.2 cm³/mol. The minimum Gasteiger partial charge on any atom is -0.372 e. The molecule has 0 saturated carbocycles. The van der Waals surface area contributed by atoms with E-state index >= 15 is 0 Å². The molecule has 0 aliphatic carbocycles. The number of anilines is 2. The van der Waals surface area contributed by atoms with E-state index in [1.165, 1.54) is 12.8 Å². The van der Waals surface area contributed by atoms with E-state index in [0.29, 0.717) is 11.6 Å². The molecular weight excluding hydrogens is 296 g/mol. The van der Waals surface area contributed by atoms with E-state index in [9.17, 15) is 8.42 Å². The van der Waals surface area contributed by atoms with Crippen molar-refractivity contribution in [2.45, 2.75) is 19.8 Å². The van der Waals surface area contributed by atoms with Crippen molar-refractivity contribution in [2.24, 2.45) is 5.92 Å². The van der Waals surface area contributed by atoms with Gasteiger partial charge in [-0.3, -0.25) is 4.72 Å². The maximum absolute atomic E-state index is 11.9. The van der Waals surface area contributed by atoms with Crippen LogP contribution in [0.1, 0.15) is 19.8 Å². The molecule has 1 fully saturated rings. The first-order chi connectivity index (χ1) is 9.50. The van der Waals surface area contributed by atoms with Gasteiger partial charge in [-0.05, 0) is 43.0 Å². The predicted octanol–water partition coefficient (Wildman–Crippen LogP) is 2.90. The molecule has 1 heterocycles. The Morgan fingerprint density at radius 3 is 2.40 bits per heavy atom. The maximum atomic E-state index is 11.9. The number of nitrogens with one attached hydrogen (secondary N) is 1. The fraction of sp³-hybridized carbons (Fsp3) is 0.571. The average molecular weight is 317 g/mol. The molecule has 0 spiro atoms.